The number of fused-ring (bicyclic) bond motifs is 1. The normalized spacial score (nSPS) is 22.3. The summed E-state index contributed by atoms with van der Waals surface area (Å²) in [4.78, 5) is 18.4. The van der Waals surface area contributed by atoms with Crippen molar-refractivity contribution in [3.05, 3.63) is 53.2 Å². The molecule has 35 heavy (non-hydrogen) atoms. The Bertz CT molecular complexity index is 1100. The molecule has 1 aromatic heterocycles. The first-order chi connectivity index (χ1) is 16.6. The number of ether oxygens (including phenoxy) is 4. The van der Waals surface area contributed by atoms with Crippen molar-refractivity contribution in [1.29, 1.82) is 0 Å². The third-order valence-corrected chi connectivity index (χ3v) is 5.92. The number of carbonyl (C=O) groups is 1. The highest BCUT2D eigenvalue weighted by molar-refractivity contribution is 5.92. The van der Waals surface area contributed by atoms with Crippen LogP contribution >= 0.6 is 0 Å². The second kappa shape index (κ2) is 9.53. The molecule has 3 heterocycles. The Balaban J connectivity index is 1.50. The number of amides is 1. The van der Waals surface area contributed by atoms with Gasteiger partial charge in [-0.25, -0.2) is 22.5 Å². The first-order valence-electron chi connectivity index (χ1n) is 10.4. The van der Waals surface area contributed by atoms with Crippen molar-refractivity contribution in [1.82, 2.24) is 9.88 Å². The molecule has 1 amide bonds. The van der Waals surface area contributed by atoms with Crippen LogP contribution in [0, 0.1) is 11.6 Å². The van der Waals surface area contributed by atoms with Gasteiger partial charge >= 0.3 is 12.3 Å². The highest BCUT2D eigenvalue weighted by atomic mass is 19.3. The van der Waals surface area contributed by atoms with Gasteiger partial charge in [0.05, 0.1) is 13.7 Å². The van der Waals surface area contributed by atoms with Crippen LogP contribution < -0.4 is 9.47 Å². The molecule has 0 saturated carbocycles. The Morgan fingerprint density at radius 2 is 2.06 bits per heavy atom. The van der Waals surface area contributed by atoms with Crippen molar-refractivity contribution in [3.8, 4) is 11.6 Å². The summed E-state index contributed by atoms with van der Waals surface area (Å²) in [5.74, 6) is -7.76. The fourth-order valence-electron chi connectivity index (χ4n) is 4.08. The summed E-state index contributed by atoms with van der Waals surface area (Å²) in [6, 6.07) is 6.02. The van der Waals surface area contributed by atoms with Crippen molar-refractivity contribution >= 4 is 5.91 Å². The molecule has 13 heteroatoms. The van der Waals surface area contributed by atoms with Gasteiger partial charge in [-0.2, -0.15) is 8.78 Å². The zero-order chi connectivity index (χ0) is 25.4. The van der Waals surface area contributed by atoms with Gasteiger partial charge < -0.3 is 23.8 Å². The summed E-state index contributed by atoms with van der Waals surface area (Å²) in [6.07, 6.45) is -4.61. The van der Waals surface area contributed by atoms with Crippen LogP contribution in [0.2, 0.25) is 0 Å². The lowest BCUT2D eigenvalue weighted by atomic mass is 9.81. The lowest BCUT2D eigenvalue weighted by Crippen LogP contribution is -2.54. The number of likely N-dealkylation sites (tertiary alicyclic amines) is 1. The van der Waals surface area contributed by atoms with Crippen LogP contribution in [0.25, 0.3) is 0 Å². The minimum atomic E-state index is -4.38. The van der Waals surface area contributed by atoms with Gasteiger partial charge in [-0.15, -0.1) is 0 Å². The Morgan fingerprint density at radius 1 is 1.29 bits per heavy atom. The maximum atomic E-state index is 14.5. The minimum Gasteiger partial charge on any atom is -0.481 e. The van der Waals surface area contributed by atoms with E-state index in [4.69, 9.17) is 18.9 Å². The molecular formula is C22H20F6N2O5. The maximum absolute atomic E-state index is 14.5. The van der Waals surface area contributed by atoms with Gasteiger partial charge in [0, 0.05) is 18.5 Å². The number of hydrogen-bond donors (Lipinski definition) is 0. The summed E-state index contributed by atoms with van der Waals surface area (Å²) in [6.45, 7) is -1.74. The second-order valence-corrected chi connectivity index (χ2v) is 7.96. The van der Waals surface area contributed by atoms with Crippen LogP contribution in [-0.2, 0) is 15.1 Å². The molecule has 190 valence electrons. The van der Waals surface area contributed by atoms with E-state index in [2.05, 4.69) is 4.98 Å². The number of aromatic nitrogens is 1. The van der Waals surface area contributed by atoms with E-state index in [1.54, 1.807) is 0 Å². The summed E-state index contributed by atoms with van der Waals surface area (Å²) >= 11 is 0. The quantitative estimate of drug-likeness (QED) is 0.533. The van der Waals surface area contributed by atoms with E-state index in [9.17, 15) is 31.1 Å². The molecule has 2 aliphatic rings. The van der Waals surface area contributed by atoms with E-state index < -0.39 is 48.2 Å². The Labute approximate surface area is 195 Å². The number of halogens is 6. The van der Waals surface area contributed by atoms with Gasteiger partial charge in [0.25, 0.3) is 11.8 Å². The average molecular weight is 506 g/mol. The summed E-state index contributed by atoms with van der Waals surface area (Å²) < 4.78 is 100. The van der Waals surface area contributed by atoms with E-state index in [1.165, 1.54) is 23.1 Å². The van der Waals surface area contributed by atoms with Crippen molar-refractivity contribution in [3.63, 3.8) is 0 Å². The van der Waals surface area contributed by atoms with Crippen LogP contribution in [-0.4, -0.2) is 67.8 Å². The van der Waals surface area contributed by atoms with E-state index >= 15 is 0 Å². The molecule has 1 aromatic carbocycles. The van der Waals surface area contributed by atoms with Gasteiger partial charge in [-0.1, -0.05) is 12.1 Å². The molecule has 2 saturated heterocycles. The SMILES string of the molecule is COc1nc(C(=O)N2CCC3(c4cccc(F)c4F)OCOC3C2)ccc1OCC(F)(F)C(F)F. The Morgan fingerprint density at radius 3 is 2.77 bits per heavy atom. The first-order valence-corrected chi connectivity index (χ1v) is 10.4. The minimum absolute atomic E-state index is 0.00556. The third kappa shape index (κ3) is 4.61. The van der Waals surface area contributed by atoms with E-state index in [0.29, 0.717) is 0 Å². The lowest BCUT2D eigenvalue weighted by molar-refractivity contribution is -0.148. The number of hydrogen-bond acceptors (Lipinski definition) is 6. The summed E-state index contributed by atoms with van der Waals surface area (Å²) in [5.41, 5.74) is -1.42. The number of piperidine rings is 1. The largest absolute Gasteiger partial charge is 0.481 e. The molecule has 2 atom stereocenters. The predicted molar refractivity (Wildman–Crippen MR) is 107 cm³/mol. The molecule has 7 nitrogen and oxygen atoms in total. The van der Waals surface area contributed by atoms with Crippen molar-refractivity contribution < 1.29 is 50.1 Å². The van der Waals surface area contributed by atoms with Crippen LogP contribution in [0.15, 0.2) is 30.3 Å². The Hall–Kier alpha value is -3.06. The van der Waals surface area contributed by atoms with Crippen LogP contribution in [0.5, 0.6) is 11.6 Å². The lowest BCUT2D eigenvalue weighted by Gasteiger charge is -2.41. The highest BCUT2D eigenvalue weighted by Gasteiger charge is 2.53. The second-order valence-electron chi connectivity index (χ2n) is 7.96. The Kier molecular flexibility index (Phi) is 6.82. The number of carbonyl (C=O) groups excluding carboxylic acids is 1. The fourth-order valence-corrected chi connectivity index (χ4v) is 4.08. The number of pyridine rings is 1. The predicted octanol–water partition coefficient (Wildman–Crippen LogP) is 3.76. The smallest absolute Gasteiger partial charge is 0.340 e. The highest BCUT2D eigenvalue weighted by Crippen LogP contribution is 2.44. The zero-order valence-corrected chi connectivity index (χ0v) is 18.3. The number of benzene rings is 1. The molecule has 2 fully saturated rings. The van der Waals surface area contributed by atoms with Gasteiger partial charge in [0.1, 0.15) is 24.2 Å². The van der Waals surface area contributed by atoms with E-state index in [-0.39, 0.29) is 49.2 Å². The van der Waals surface area contributed by atoms with Crippen molar-refractivity contribution in [2.45, 2.75) is 30.5 Å². The standard InChI is InChI=1S/C22H20F6N2O5/c1-32-18-15(33-10-22(27,28)20(25)26)6-5-14(29-18)19(31)30-8-7-21(16(9-30)34-11-35-21)12-3-2-4-13(23)17(12)24/h2-6,16,20H,7-11H2,1H3. The summed E-state index contributed by atoms with van der Waals surface area (Å²) in [7, 11) is 1.14. The molecule has 0 radical (unpaired) electrons. The number of nitrogens with zero attached hydrogens (tertiary/aromatic N) is 2. The molecule has 0 spiro atoms. The molecule has 0 bridgehead atoms. The molecule has 2 aromatic rings. The summed E-state index contributed by atoms with van der Waals surface area (Å²) in [5, 5.41) is 0. The van der Waals surface area contributed by atoms with Crippen LogP contribution in [0.1, 0.15) is 22.5 Å². The fraction of sp³-hybridized carbons (Fsp3) is 0.455. The van der Waals surface area contributed by atoms with Crippen LogP contribution in [0.4, 0.5) is 26.3 Å². The first kappa shape index (κ1) is 25.0. The molecule has 2 unspecified atom stereocenters. The average Bonchev–Trinajstić information content (AvgIpc) is 3.27. The van der Waals surface area contributed by atoms with E-state index in [1.807, 2.05) is 0 Å². The molecule has 0 N–H and O–H groups in total. The van der Waals surface area contributed by atoms with Crippen molar-refractivity contribution in [2.75, 3.05) is 33.6 Å². The molecule has 0 aliphatic carbocycles. The molecule has 4 rings (SSSR count). The topological polar surface area (TPSA) is 70.1 Å². The molecular weight excluding hydrogens is 486 g/mol. The third-order valence-electron chi connectivity index (χ3n) is 5.92. The monoisotopic (exact) mass is 506 g/mol. The molecule has 2 aliphatic heterocycles. The number of alkyl halides is 4. The zero-order valence-electron chi connectivity index (χ0n) is 18.3. The van der Waals surface area contributed by atoms with Gasteiger partial charge in [0.2, 0.25) is 0 Å². The van der Waals surface area contributed by atoms with E-state index in [0.717, 1.165) is 19.2 Å². The maximum Gasteiger partial charge on any atom is 0.340 e. The number of rotatable bonds is 7. The van der Waals surface area contributed by atoms with Gasteiger partial charge in [0.15, 0.2) is 24.0 Å². The van der Waals surface area contributed by atoms with Gasteiger partial charge in [-0.05, 0) is 18.2 Å². The van der Waals surface area contributed by atoms with Crippen LogP contribution in [0.3, 0.4) is 0 Å². The van der Waals surface area contributed by atoms with Gasteiger partial charge in [-0.3, -0.25) is 4.79 Å². The number of methoxy groups -OCH3 is 1. The van der Waals surface area contributed by atoms with Crippen molar-refractivity contribution in [2.24, 2.45) is 0 Å².